The summed E-state index contributed by atoms with van der Waals surface area (Å²) in [5.74, 6) is -1.50. The van der Waals surface area contributed by atoms with Gasteiger partial charge in [0.2, 0.25) is 5.95 Å². The maximum absolute atomic E-state index is 14.5. The second-order valence-electron chi connectivity index (χ2n) is 8.62. The van der Waals surface area contributed by atoms with Crippen molar-refractivity contribution in [3.63, 3.8) is 0 Å². The first-order chi connectivity index (χ1) is 18.0. The molecule has 37 heavy (non-hydrogen) atoms. The van der Waals surface area contributed by atoms with Crippen molar-refractivity contribution in [2.45, 2.75) is 25.4 Å². The third-order valence-corrected chi connectivity index (χ3v) is 6.45. The average Bonchev–Trinajstić information content (AvgIpc) is 3.44. The summed E-state index contributed by atoms with van der Waals surface area (Å²) in [4.78, 5) is 30.6. The average molecular weight is 503 g/mol. The van der Waals surface area contributed by atoms with Gasteiger partial charge in [-0.25, -0.2) is 28.4 Å². The topological polar surface area (TPSA) is 104 Å². The van der Waals surface area contributed by atoms with Crippen LogP contribution in [-0.4, -0.2) is 47.0 Å². The van der Waals surface area contributed by atoms with Gasteiger partial charge in [-0.1, -0.05) is 6.07 Å². The smallest absolute Gasteiger partial charge is 0.330 e. The first kappa shape index (κ1) is 22.8. The lowest BCUT2D eigenvalue weighted by Gasteiger charge is -2.27. The van der Waals surface area contributed by atoms with Gasteiger partial charge in [-0.05, 0) is 24.6 Å². The summed E-state index contributed by atoms with van der Waals surface area (Å²) >= 11 is 0. The Labute approximate surface area is 207 Å². The van der Waals surface area contributed by atoms with Crippen LogP contribution in [0.25, 0.3) is 33.0 Å². The normalized spacial score (nSPS) is 15.0. The fourth-order valence-electron chi connectivity index (χ4n) is 4.79. The molecule has 0 bridgehead atoms. The lowest BCUT2D eigenvalue weighted by molar-refractivity contribution is 0.241. The molecule has 5 aromatic rings. The van der Waals surface area contributed by atoms with E-state index >= 15 is 0 Å². The standard InChI is InChI=1S/C25H19F2N7O3/c1-28-15-3-4-18-20(11-15)33(13-30-18)24-29-12-21-23(31-24)34(25(36)32(21)6-2-7-35)19-5-8-37-22-16(19)9-14(26)10-17(22)27/h3-4,9-13,19,35H,2,5-8H2. The SMILES string of the molecule is [C-]#[N+]c1ccc2ncn(-c3ncc4c(n3)n(C3CCOc5c(F)cc(F)cc53)c(=O)n4CCCO)c2c1. The van der Waals surface area contributed by atoms with Crippen molar-refractivity contribution in [1.29, 1.82) is 0 Å². The van der Waals surface area contributed by atoms with Gasteiger partial charge in [0.1, 0.15) is 17.7 Å². The Bertz CT molecular complexity index is 1780. The molecule has 6 rings (SSSR count). The predicted molar refractivity (Wildman–Crippen MR) is 129 cm³/mol. The van der Waals surface area contributed by atoms with E-state index in [1.165, 1.54) is 27.7 Å². The number of benzene rings is 2. The van der Waals surface area contributed by atoms with Gasteiger partial charge >= 0.3 is 5.69 Å². The van der Waals surface area contributed by atoms with Gasteiger partial charge in [0.15, 0.2) is 22.9 Å². The molecule has 2 aromatic carbocycles. The molecule has 0 saturated carbocycles. The maximum Gasteiger partial charge on any atom is 0.330 e. The quantitative estimate of drug-likeness (QED) is 0.368. The van der Waals surface area contributed by atoms with Crippen LogP contribution in [-0.2, 0) is 6.54 Å². The number of aryl methyl sites for hydroxylation is 1. The summed E-state index contributed by atoms with van der Waals surface area (Å²) in [6, 6.07) is 6.23. The van der Waals surface area contributed by atoms with Crippen molar-refractivity contribution in [3.05, 3.63) is 82.0 Å². The molecule has 4 heterocycles. The molecule has 1 aliphatic rings. The van der Waals surface area contributed by atoms with E-state index in [0.29, 0.717) is 28.7 Å². The van der Waals surface area contributed by atoms with Crippen molar-refractivity contribution in [2.24, 2.45) is 0 Å². The Kier molecular flexibility index (Phi) is 5.42. The molecule has 10 nitrogen and oxygen atoms in total. The Hall–Kier alpha value is -4.63. The first-order valence-electron chi connectivity index (χ1n) is 11.6. The van der Waals surface area contributed by atoms with Crippen LogP contribution in [0.1, 0.15) is 24.4 Å². The van der Waals surface area contributed by atoms with Gasteiger partial charge in [0.05, 0.1) is 36.5 Å². The summed E-state index contributed by atoms with van der Waals surface area (Å²) in [5, 5.41) is 9.37. The third-order valence-electron chi connectivity index (χ3n) is 6.45. The monoisotopic (exact) mass is 503 g/mol. The highest BCUT2D eigenvalue weighted by Crippen LogP contribution is 2.38. The van der Waals surface area contributed by atoms with E-state index in [4.69, 9.17) is 16.3 Å². The predicted octanol–water partition coefficient (Wildman–Crippen LogP) is 3.52. The van der Waals surface area contributed by atoms with E-state index in [1.54, 1.807) is 22.8 Å². The van der Waals surface area contributed by atoms with Crippen LogP contribution < -0.4 is 10.4 Å². The van der Waals surface area contributed by atoms with Crippen LogP contribution in [0, 0.1) is 18.2 Å². The molecule has 0 spiro atoms. The number of halogens is 2. The second kappa shape index (κ2) is 8.79. The Morgan fingerprint density at radius 1 is 1.19 bits per heavy atom. The lowest BCUT2D eigenvalue weighted by atomic mass is 10.00. The zero-order chi connectivity index (χ0) is 25.7. The first-order valence-corrected chi connectivity index (χ1v) is 11.6. The molecule has 0 aliphatic carbocycles. The largest absolute Gasteiger partial charge is 0.490 e. The summed E-state index contributed by atoms with van der Waals surface area (Å²) in [7, 11) is 0. The zero-order valence-electron chi connectivity index (χ0n) is 19.3. The molecular weight excluding hydrogens is 484 g/mol. The van der Waals surface area contributed by atoms with Crippen molar-refractivity contribution in [1.82, 2.24) is 28.7 Å². The highest BCUT2D eigenvalue weighted by Gasteiger charge is 2.31. The number of nitrogens with zero attached hydrogens (tertiary/aromatic N) is 7. The number of imidazole rings is 2. The van der Waals surface area contributed by atoms with E-state index in [0.717, 1.165) is 6.07 Å². The van der Waals surface area contributed by atoms with Gasteiger partial charge < -0.3 is 9.84 Å². The molecule has 1 atom stereocenters. The lowest BCUT2D eigenvalue weighted by Crippen LogP contribution is -2.31. The van der Waals surface area contributed by atoms with Crippen molar-refractivity contribution in [3.8, 4) is 11.7 Å². The van der Waals surface area contributed by atoms with Crippen molar-refractivity contribution < 1.29 is 18.6 Å². The maximum atomic E-state index is 14.5. The molecule has 1 aliphatic heterocycles. The number of ether oxygens (including phenoxy) is 1. The summed E-state index contributed by atoms with van der Waals surface area (Å²) in [6.07, 6.45) is 3.64. The Morgan fingerprint density at radius 3 is 2.86 bits per heavy atom. The highest BCUT2D eigenvalue weighted by molar-refractivity contribution is 5.81. The van der Waals surface area contributed by atoms with E-state index < -0.39 is 23.4 Å². The van der Waals surface area contributed by atoms with Gasteiger partial charge in [0, 0.05) is 31.2 Å². The number of aromatic nitrogens is 6. The molecule has 0 amide bonds. The molecular formula is C25H19F2N7O3. The molecule has 1 unspecified atom stereocenters. The van der Waals surface area contributed by atoms with E-state index in [9.17, 15) is 18.7 Å². The number of rotatable bonds is 5. The number of hydrogen-bond acceptors (Lipinski definition) is 6. The summed E-state index contributed by atoms with van der Waals surface area (Å²) in [5.41, 5.74) is 2.12. The number of hydrogen-bond donors (Lipinski definition) is 1. The molecule has 1 N–H and O–H groups in total. The fraction of sp³-hybridized carbons (Fsp3) is 0.240. The number of aliphatic hydroxyl groups is 1. The highest BCUT2D eigenvalue weighted by atomic mass is 19.1. The van der Waals surface area contributed by atoms with Gasteiger partial charge in [-0.3, -0.25) is 13.7 Å². The van der Waals surface area contributed by atoms with Gasteiger partial charge in [0.25, 0.3) is 0 Å². The minimum absolute atomic E-state index is 0.0950. The van der Waals surface area contributed by atoms with E-state index in [1.807, 2.05) is 0 Å². The van der Waals surface area contributed by atoms with Crippen LogP contribution in [0.4, 0.5) is 14.5 Å². The fourth-order valence-corrected chi connectivity index (χ4v) is 4.79. The summed E-state index contributed by atoms with van der Waals surface area (Å²) < 4.78 is 38.7. The number of fused-ring (bicyclic) bond motifs is 3. The molecule has 12 heteroatoms. The van der Waals surface area contributed by atoms with E-state index in [-0.39, 0.29) is 49.1 Å². The molecule has 0 fully saturated rings. The zero-order valence-corrected chi connectivity index (χ0v) is 19.3. The van der Waals surface area contributed by atoms with Crippen molar-refractivity contribution in [2.75, 3.05) is 13.2 Å². The van der Waals surface area contributed by atoms with Gasteiger partial charge in [-0.2, -0.15) is 4.98 Å². The molecule has 3 aromatic heterocycles. The van der Waals surface area contributed by atoms with Crippen LogP contribution in [0.2, 0.25) is 0 Å². The third kappa shape index (κ3) is 3.63. The minimum Gasteiger partial charge on any atom is -0.490 e. The Morgan fingerprint density at radius 2 is 2.05 bits per heavy atom. The van der Waals surface area contributed by atoms with Crippen LogP contribution >= 0.6 is 0 Å². The molecule has 0 radical (unpaired) electrons. The van der Waals surface area contributed by atoms with E-state index in [2.05, 4.69) is 14.8 Å². The van der Waals surface area contributed by atoms with Crippen LogP contribution in [0.5, 0.6) is 5.75 Å². The van der Waals surface area contributed by atoms with Crippen molar-refractivity contribution >= 4 is 27.9 Å². The number of aliphatic hydroxyl groups excluding tert-OH is 1. The van der Waals surface area contributed by atoms with Crippen LogP contribution in [0.3, 0.4) is 0 Å². The summed E-state index contributed by atoms with van der Waals surface area (Å²) in [6.45, 7) is 7.51. The minimum atomic E-state index is -0.840. The second-order valence-corrected chi connectivity index (χ2v) is 8.62. The van der Waals surface area contributed by atoms with Crippen LogP contribution in [0.15, 0.2) is 47.7 Å². The Balaban J connectivity index is 1.60. The molecule has 186 valence electrons. The van der Waals surface area contributed by atoms with Gasteiger partial charge in [-0.15, -0.1) is 0 Å². The molecule has 0 saturated heterocycles.